The molecule has 1 amide bonds. The maximum atomic E-state index is 12.2. The number of nitrogens with zero attached hydrogens (tertiary/aromatic N) is 2. The molecule has 0 aromatic heterocycles. The quantitative estimate of drug-likeness (QED) is 0.662. The standard InChI is InChI=1S/C14H29N3O2/c1-6-12-14(18)17(13(15-12)11(2)3)8-10-19-9-7-16(4)5/h11-13,15H,6-10H2,1-5H3. The molecule has 0 saturated carbocycles. The van der Waals surface area contributed by atoms with Crippen LogP contribution in [0.1, 0.15) is 27.2 Å². The average molecular weight is 271 g/mol. The van der Waals surface area contributed by atoms with E-state index in [1.165, 1.54) is 0 Å². The van der Waals surface area contributed by atoms with Crippen molar-refractivity contribution in [2.75, 3.05) is 40.4 Å². The Kier molecular flexibility index (Phi) is 6.75. The van der Waals surface area contributed by atoms with E-state index in [1.807, 2.05) is 25.9 Å². The molecule has 0 spiro atoms. The number of hydrogen-bond acceptors (Lipinski definition) is 4. The van der Waals surface area contributed by atoms with Gasteiger partial charge in [-0.3, -0.25) is 10.1 Å². The van der Waals surface area contributed by atoms with Crippen molar-refractivity contribution in [1.29, 1.82) is 0 Å². The van der Waals surface area contributed by atoms with Gasteiger partial charge in [-0.25, -0.2) is 0 Å². The zero-order valence-corrected chi connectivity index (χ0v) is 13.0. The minimum Gasteiger partial charge on any atom is -0.378 e. The second kappa shape index (κ2) is 7.82. The van der Waals surface area contributed by atoms with Crippen molar-refractivity contribution in [3.8, 4) is 0 Å². The highest BCUT2D eigenvalue weighted by Gasteiger charge is 2.38. The fourth-order valence-corrected chi connectivity index (χ4v) is 2.31. The highest BCUT2D eigenvalue weighted by atomic mass is 16.5. The molecule has 0 aliphatic carbocycles. The lowest BCUT2D eigenvalue weighted by atomic mass is 10.1. The number of hydrogen-bond donors (Lipinski definition) is 1. The van der Waals surface area contributed by atoms with Gasteiger partial charge in [0.05, 0.1) is 25.4 Å². The summed E-state index contributed by atoms with van der Waals surface area (Å²) in [4.78, 5) is 16.3. The lowest BCUT2D eigenvalue weighted by molar-refractivity contribution is -0.131. The zero-order valence-electron chi connectivity index (χ0n) is 13.0. The molecule has 0 aromatic carbocycles. The SMILES string of the molecule is CCC1NC(C(C)C)N(CCOCCN(C)C)C1=O. The Morgan fingerprint density at radius 2 is 2.05 bits per heavy atom. The molecule has 1 aliphatic rings. The Morgan fingerprint density at radius 3 is 2.58 bits per heavy atom. The van der Waals surface area contributed by atoms with Gasteiger partial charge in [-0.15, -0.1) is 0 Å². The molecule has 1 aliphatic heterocycles. The van der Waals surface area contributed by atoms with Crippen LogP contribution in [0.25, 0.3) is 0 Å². The van der Waals surface area contributed by atoms with Crippen LogP contribution in [0.15, 0.2) is 0 Å². The smallest absolute Gasteiger partial charge is 0.241 e. The minimum absolute atomic E-state index is 0.0193. The van der Waals surface area contributed by atoms with Gasteiger partial charge in [-0.05, 0) is 26.4 Å². The fraction of sp³-hybridized carbons (Fsp3) is 0.929. The maximum Gasteiger partial charge on any atom is 0.241 e. The van der Waals surface area contributed by atoms with Crippen LogP contribution in [0.4, 0.5) is 0 Å². The molecule has 0 aromatic rings. The van der Waals surface area contributed by atoms with Crippen LogP contribution in [-0.2, 0) is 9.53 Å². The molecular formula is C14H29N3O2. The zero-order chi connectivity index (χ0) is 14.4. The maximum absolute atomic E-state index is 12.2. The molecule has 1 saturated heterocycles. The van der Waals surface area contributed by atoms with Gasteiger partial charge in [0.2, 0.25) is 5.91 Å². The van der Waals surface area contributed by atoms with Crippen LogP contribution < -0.4 is 5.32 Å². The summed E-state index contributed by atoms with van der Waals surface area (Å²) >= 11 is 0. The molecule has 5 heteroatoms. The first-order valence-corrected chi connectivity index (χ1v) is 7.26. The predicted molar refractivity (Wildman–Crippen MR) is 76.9 cm³/mol. The van der Waals surface area contributed by atoms with Crippen LogP contribution in [0.5, 0.6) is 0 Å². The summed E-state index contributed by atoms with van der Waals surface area (Å²) in [6.07, 6.45) is 0.995. The van der Waals surface area contributed by atoms with E-state index in [0.717, 1.165) is 13.0 Å². The number of carbonyl (C=O) groups is 1. The molecule has 1 heterocycles. The summed E-state index contributed by atoms with van der Waals surface area (Å²) in [6.45, 7) is 9.25. The Labute approximate surface area is 117 Å². The van der Waals surface area contributed by atoms with E-state index >= 15 is 0 Å². The van der Waals surface area contributed by atoms with E-state index in [-0.39, 0.29) is 18.1 Å². The summed E-state index contributed by atoms with van der Waals surface area (Å²) < 4.78 is 5.59. The third-order valence-corrected chi connectivity index (χ3v) is 3.49. The number of nitrogens with one attached hydrogen (secondary N) is 1. The van der Waals surface area contributed by atoms with Crippen molar-refractivity contribution >= 4 is 5.91 Å². The molecule has 5 nitrogen and oxygen atoms in total. The topological polar surface area (TPSA) is 44.8 Å². The third kappa shape index (κ3) is 4.75. The lowest BCUT2D eigenvalue weighted by Crippen LogP contribution is -2.43. The van der Waals surface area contributed by atoms with Gasteiger partial charge < -0.3 is 14.5 Å². The molecule has 1 fully saturated rings. The van der Waals surface area contributed by atoms with E-state index in [9.17, 15) is 4.79 Å². The third-order valence-electron chi connectivity index (χ3n) is 3.49. The molecule has 2 atom stereocenters. The van der Waals surface area contributed by atoms with Crippen molar-refractivity contribution in [2.24, 2.45) is 5.92 Å². The first-order valence-electron chi connectivity index (χ1n) is 7.26. The molecule has 1 rings (SSSR count). The van der Waals surface area contributed by atoms with Gasteiger partial charge in [0, 0.05) is 13.1 Å². The number of carbonyl (C=O) groups excluding carboxylic acids is 1. The Bertz CT molecular complexity index is 282. The van der Waals surface area contributed by atoms with Gasteiger partial charge in [-0.1, -0.05) is 20.8 Å². The van der Waals surface area contributed by atoms with Gasteiger partial charge in [0.1, 0.15) is 0 Å². The van der Waals surface area contributed by atoms with Crippen LogP contribution in [0, 0.1) is 5.92 Å². The number of ether oxygens (including phenoxy) is 1. The molecule has 0 radical (unpaired) electrons. The highest BCUT2D eigenvalue weighted by Crippen LogP contribution is 2.18. The van der Waals surface area contributed by atoms with Crippen LogP contribution in [0.3, 0.4) is 0 Å². The second-order valence-electron chi connectivity index (χ2n) is 5.76. The van der Waals surface area contributed by atoms with Crippen molar-refractivity contribution in [2.45, 2.75) is 39.4 Å². The monoisotopic (exact) mass is 271 g/mol. The number of amides is 1. The van der Waals surface area contributed by atoms with E-state index in [0.29, 0.717) is 25.7 Å². The van der Waals surface area contributed by atoms with E-state index in [4.69, 9.17) is 4.74 Å². The van der Waals surface area contributed by atoms with Crippen LogP contribution >= 0.6 is 0 Å². The molecule has 1 N–H and O–H groups in total. The second-order valence-corrected chi connectivity index (χ2v) is 5.76. The number of likely N-dealkylation sites (N-methyl/N-ethyl adjacent to an activating group) is 1. The molecule has 112 valence electrons. The largest absolute Gasteiger partial charge is 0.378 e. The summed E-state index contributed by atoms with van der Waals surface area (Å²) in [5.74, 6) is 0.639. The van der Waals surface area contributed by atoms with Gasteiger partial charge in [-0.2, -0.15) is 0 Å². The molecule has 2 unspecified atom stereocenters. The number of rotatable bonds is 8. The lowest BCUT2D eigenvalue weighted by Gasteiger charge is -2.27. The summed E-state index contributed by atoms with van der Waals surface area (Å²) in [5, 5.41) is 3.41. The van der Waals surface area contributed by atoms with Gasteiger partial charge >= 0.3 is 0 Å². The van der Waals surface area contributed by atoms with E-state index in [1.54, 1.807) is 0 Å². The van der Waals surface area contributed by atoms with E-state index in [2.05, 4.69) is 24.1 Å². The van der Waals surface area contributed by atoms with Crippen molar-refractivity contribution in [3.05, 3.63) is 0 Å². The van der Waals surface area contributed by atoms with Crippen LogP contribution in [0.2, 0.25) is 0 Å². The Hall–Kier alpha value is -0.650. The predicted octanol–water partition coefficient (Wildman–Crippen LogP) is 0.757. The van der Waals surface area contributed by atoms with Crippen molar-refractivity contribution in [3.63, 3.8) is 0 Å². The molecular weight excluding hydrogens is 242 g/mol. The summed E-state index contributed by atoms with van der Waals surface area (Å²) in [6, 6.07) is -0.0193. The normalized spacial score (nSPS) is 23.9. The highest BCUT2D eigenvalue weighted by molar-refractivity contribution is 5.84. The first kappa shape index (κ1) is 16.4. The van der Waals surface area contributed by atoms with E-state index < -0.39 is 0 Å². The minimum atomic E-state index is -0.0193. The van der Waals surface area contributed by atoms with Crippen molar-refractivity contribution < 1.29 is 9.53 Å². The fourth-order valence-electron chi connectivity index (χ4n) is 2.31. The Balaban J connectivity index is 2.38. The first-order chi connectivity index (χ1) is 8.97. The van der Waals surface area contributed by atoms with Gasteiger partial charge in [0.25, 0.3) is 0 Å². The average Bonchev–Trinajstić information content (AvgIpc) is 2.66. The molecule has 19 heavy (non-hydrogen) atoms. The summed E-state index contributed by atoms with van der Waals surface area (Å²) in [7, 11) is 4.05. The summed E-state index contributed by atoms with van der Waals surface area (Å²) in [5.41, 5.74) is 0. The molecule has 0 bridgehead atoms. The Morgan fingerprint density at radius 1 is 1.37 bits per heavy atom. The van der Waals surface area contributed by atoms with Crippen molar-refractivity contribution in [1.82, 2.24) is 15.1 Å². The van der Waals surface area contributed by atoms with Gasteiger partial charge in [0.15, 0.2) is 0 Å². The van der Waals surface area contributed by atoms with Crippen LogP contribution in [-0.4, -0.2) is 68.3 Å².